The molecule has 0 aliphatic heterocycles. The van der Waals surface area contributed by atoms with E-state index in [-0.39, 0.29) is 10.6 Å². The molecule has 0 spiro atoms. The first-order valence-electron chi connectivity index (χ1n) is 4.60. The van der Waals surface area contributed by atoms with Gasteiger partial charge < -0.3 is 4.90 Å². The number of non-ortho nitro benzene ring substituents is 1. The fourth-order valence-corrected chi connectivity index (χ4v) is 1.15. The number of hydrogen-bond acceptors (Lipinski definition) is 3. The zero-order valence-corrected chi connectivity index (χ0v) is 9.10. The molecule has 0 fully saturated rings. The topological polar surface area (TPSA) is 46.4 Å². The van der Waals surface area contributed by atoms with Crippen LogP contribution in [-0.4, -0.2) is 23.9 Å². The summed E-state index contributed by atoms with van der Waals surface area (Å²) in [6, 6.07) is 4.85. The molecule has 0 N–H and O–H groups in total. The van der Waals surface area contributed by atoms with Crippen molar-refractivity contribution in [1.82, 2.24) is 4.90 Å². The summed E-state index contributed by atoms with van der Waals surface area (Å²) in [4.78, 5) is 12.1. The Hall–Kier alpha value is -1.84. The van der Waals surface area contributed by atoms with Gasteiger partial charge in [0.25, 0.3) is 5.69 Å². The number of nitro groups is 1. The predicted octanol–water partition coefficient (Wildman–Crippen LogP) is 2.44. The highest BCUT2D eigenvalue weighted by atomic mass is 16.6. The Morgan fingerprint density at radius 2 is 2.07 bits per heavy atom. The van der Waals surface area contributed by atoms with Crippen molar-refractivity contribution in [2.24, 2.45) is 0 Å². The van der Waals surface area contributed by atoms with E-state index < -0.39 is 0 Å². The highest BCUT2D eigenvalue weighted by Gasteiger charge is 2.06. The molecule has 1 rings (SSSR count). The Bertz CT molecular complexity index is 398. The molecule has 0 radical (unpaired) electrons. The van der Waals surface area contributed by atoms with E-state index in [9.17, 15) is 10.1 Å². The maximum Gasteiger partial charge on any atom is 0.270 e. The van der Waals surface area contributed by atoms with Crippen LogP contribution in [0, 0.1) is 17.0 Å². The Labute approximate surface area is 89.0 Å². The second-order valence-corrected chi connectivity index (χ2v) is 3.58. The van der Waals surface area contributed by atoms with E-state index in [1.807, 2.05) is 38.2 Å². The summed E-state index contributed by atoms with van der Waals surface area (Å²) in [6.45, 7) is 1.93. The van der Waals surface area contributed by atoms with Crippen molar-refractivity contribution in [1.29, 1.82) is 0 Å². The molecule has 0 amide bonds. The van der Waals surface area contributed by atoms with E-state index in [1.165, 1.54) is 6.07 Å². The van der Waals surface area contributed by atoms with Gasteiger partial charge >= 0.3 is 0 Å². The van der Waals surface area contributed by atoms with E-state index in [0.29, 0.717) is 0 Å². The lowest BCUT2D eigenvalue weighted by Gasteiger charge is -2.04. The lowest BCUT2D eigenvalue weighted by Crippen LogP contribution is -2.00. The summed E-state index contributed by atoms with van der Waals surface area (Å²) in [5.41, 5.74) is 2.02. The lowest BCUT2D eigenvalue weighted by molar-refractivity contribution is -0.384. The summed E-state index contributed by atoms with van der Waals surface area (Å²) in [6.07, 6.45) is 3.73. The van der Waals surface area contributed by atoms with Gasteiger partial charge in [-0.1, -0.05) is 6.07 Å². The minimum Gasteiger partial charge on any atom is -0.383 e. The van der Waals surface area contributed by atoms with E-state index in [2.05, 4.69) is 0 Å². The quantitative estimate of drug-likeness (QED) is 0.563. The maximum atomic E-state index is 10.6. The summed E-state index contributed by atoms with van der Waals surface area (Å²) in [5, 5.41) is 10.6. The number of rotatable bonds is 3. The molecule has 0 atom stereocenters. The minimum atomic E-state index is -0.382. The molecule has 1 aromatic carbocycles. The van der Waals surface area contributed by atoms with Crippen molar-refractivity contribution in [3.05, 3.63) is 45.6 Å². The Morgan fingerprint density at radius 1 is 1.40 bits per heavy atom. The molecule has 4 nitrogen and oxygen atoms in total. The molecule has 0 unspecified atom stereocenters. The third-order valence-electron chi connectivity index (χ3n) is 2.03. The van der Waals surface area contributed by atoms with Crippen molar-refractivity contribution in [3.8, 4) is 0 Å². The van der Waals surface area contributed by atoms with Gasteiger partial charge in [0.15, 0.2) is 0 Å². The number of nitrogens with zero attached hydrogens (tertiary/aromatic N) is 2. The minimum absolute atomic E-state index is 0.124. The SMILES string of the molecule is Cc1ccc([N+](=O)[O-])cc1/C=C/N(C)C. The predicted molar refractivity (Wildman–Crippen MR) is 60.6 cm³/mol. The molecule has 15 heavy (non-hydrogen) atoms. The molecule has 0 saturated heterocycles. The zero-order chi connectivity index (χ0) is 11.4. The summed E-state index contributed by atoms with van der Waals surface area (Å²) in [7, 11) is 3.81. The van der Waals surface area contributed by atoms with Crippen LogP contribution >= 0.6 is 0 Å². The van der Waals surface area contributed by atoms with Crippen LogP contribution in [0.2, 0.25) is 0 Å². The summed E-state index contributed by atoms with van der Waals surface area (Å²) >= 11 is 0. The second kappa shape index (κ2) is 4.59. The molecule has 0 aliphatic carbocycles. The largest absolute Gasteiger partial charge is 0.383 e. The zero-order valence-electron chi connectivity index (χ0n) is 9.10. The van der Waals surface area contributed by atoms with Crippen LogP contribution in [-0.2, 0) is 0 Å². The van der Waals surface area contributed by atoms with Crippen molar-refractivity contribution >= 4 is 11.8 Å². The summed E-state index contributed by atoms with van der Waals surface area (Å²) < 4.78 is 0. The Kier molecular flexibility index (Phi) is 3.44. The van der Waals surface area contributed by atoms with Crippen molar-refractivity contribution in [2.75, 3.05) is 14.1 Å². The smallest absolute Gasteiger partial charge is 0.270 e. The fourth-order valence-electron chi connectivity index (χ4n) is 1.15. The number of aryl methyl sites for hydroxylation is 1. The molecule has 0 bridgehead atoms. The third-order valence-corrected chi connectivity index (χ3v) is 2.03. The molecule has 0 heterocycles. The van der Waals surface area contributed by atoms with Gasteiger partial charge in [-0.15, -0.1) is 0 Å². The molecule has 80 valence electrons. The first-order chi connectivity index (χ1) is 7.00. The molecule has 4 heteroatoms. The number of hydrogen-bond donors (Lipinski definition) is 0. The normalized spacial score (nSPS) is 10.6. The van der Waals surface area contributed by atoms with Gasteiger partial charge in [0.1, 0.15) is 0 Å². The van der Waals surface area contributed by atoms with Crippen molar-refractivity contribution in [3.63, 3.8) is 0 Å². The van der Waals surface area contributed by atoms with Crippen LogP contribution in [0.1, 0.15) is 11.1 Å². The van der Waals surface area contributed by atoms with Gasteiger partial charge in [-0.05, 0) is 30.3 Å². The molecular weight excluding hydrogens is 192 g/mol. The molecular formula is C11H14N2O2. The van der Waals surface area contributed by atoms with Gasteiger partial charge in [0, 0.05) is 26.2 Å². The van der Waals surface area contributed by atoms with E-state index in [4.69, 9.17) is 0 Å². The van der Waals surface area contributed by atoms with E-state index >= 15 is 0 Å². The fraction of sp³-hybridized carbons (Fsp3) is 0.273. The highest BCUT2D eigenvalue weighted by Crippen LogP contribution is 2.18. The number of benzene rings is 1. The standard InChI is InChI=1S/C11H14N2O2/c1-9-4-5-11(13(14)15)8-10(9)6-7-12(2)3/h4-8H,1-3H3/b7-6+. The first-order valence-corrected chi connectivity index (χ1v) is 4.60. The molecule has 0 aromatic heterocycles. The molecule has 1 aromatic rings. The van der Waals surface area contributed by atoms with Crippen LogP contribution in [0.5, 0.6) is 0 Å². The van der Waals surface area contributed by atoms with Gasteiger partial charge in [0.05, 0.1) is 4.92 Å². The molecule has 0 aliphatic rings. The van der Waals surface area contributed by atoms with Crippen LogP contribution in [0.4, 0.5) is 5.69 Å². The van der Waals surface area contributed by atoms with E-state index in [1.54, 1.807) is 12.1 Å². The lowest BCUT2D eigenvalue weighted by atomic mass is 10.1. The van der Waals surface area contributed by atoms with Crippen LogP contribution in [0.15, 0.2) is 24.4 Å². The number of nitro benzene ring substituents is 1. The molecule has 0 saturated carbocycles. The highest BCUT2D eigenvalue weighted by molar-refractivity contribution is 5.57. The summed E-state index contributed by atoms with van der Waals surface area (Å²) in [5.74, 6) is 0. The van der Waals surface area contributed by atoms with Gasteiger partial charge in [-0.2, -0.15) is 0 Å². The Balaban J connectivity index is 3.05. The van der Waals surface area contributed by atoms with Crippen molar-refractivity contribution < 1.29 is 4.92 Å². The van der Waals surface area contributed by atoms with Crippen LogP contribution in [0.25, 0.3) is 6.08 Å². The van der Waals surface area contributed by atoms with Crippen LogP contribution in [0.3, 0.4) is 0 Å². The van der Waals surface area contributed by atoms with Crippen LogP contribution < -0.4 is 0 Å². The monoisotopic (exact) mass is 206 g/mol. The average Bonchev–Trinajstić information content (AvgIpc) is 2.16. The van der Waals surface area contributed by atoms with E-state index in [0.717, 1.165) is 11.1 Å². The third kappa shape index (κ3) is 3.09. The maximum absolute atomic E-state index is 10.6. The first kappa shape index (κ1) is 11.2. The Morgan fingerprint density at radius 3 is 2.60 bits per heavy atom. The second-order valence-electron chi connectivity index (χ2n) is 3.58. The van der Waals surface area contributed by atoms with Gasteiger partial charge in [-0.25, -0.2) is 0 Å². The average molecular weight is 206 g/mol. The van der Waals surface area contributed by atoms with Gasteiger partial charge in [0.2, 0.25) is 0 Å². The van der Waals surface area contributed by atoms with Gasteiger partial charge in [-0.3, -0.25) is 10.1 Å². The van der Waals surface area contributed by atoms with Crippen molar-refractivity contribution in [2.45, 2.75) is 6.92 Å².